The van der Waals surface area contributed by atoms with Gasteiger partial charge in [0.1, 0.15) is 5.82 Å². The lowest BCUT2D eigenvalue weighted by atomic mass is 10.1. The molecular formula is C15H29N5. The van der Waals surface area contributed by atoms with Crippen LogP contribution in [0.1, 0.15) is 64.1 Å². The number of nitrogens with two attached hydrogens (primary N) is 1. The van der Waals surface area contributed by atoms with Gasteiger partial charge in [0, 0.05) is 25.6 Å². The Morgan fingerprint density at radius 1 is 1.20 bits per heavy atom. The molecule has 0 amide bonds. The molecule has 1 aromatic rings. The zero-order valence-electron chi connectivity index (χ0n) is 12.8. The van der Waals surface area contributed by atoms with Gasteiger partial charge in [-0.05, 0) is 12.8 Å². The van der Waals surface area contributed by atoms with Crippen LogP contribution in [0.3, 0.4) is 0 Å². The van der Waals surface area contributed by atoms with Crippen LogP contribution in [0.2, 0.25) is 0 Å². The molecule has 0 aromatic carbocycles. The molecule has 114 valence electrons. The Morgan fingerprint density at radius 3 is 2.65 bits per heavy atom. The normalized spacial score (nSPS) is 18.9. The smallest absolute Gasteiger partial charge is 0.244 e. The van der Waals surface area contributed by atoms with E-state index in [2.05, 4.69) is 27.0 Å². The second kappa shape index (κ2) is 8.25. The van der Waals surface area contributed by atoms with E-state index >= 15 is 0 Å². The standard InChI is InChI=1S/C15H29N5/c1-2-3-4-5-6-7-8-9-14-17-15(19-18-14)20-11-10-13(16)12-20/h13H,2-12,16H2,1H3,(H,17,18,19). The number of nitrogens with zero attached hydrogens (tertiary/aromatic N) is 3. The van der Waals surface area contributed by atoms with Gasteiger partial charge in [-0.1, -0.05) is 45.4 Å². The maximum Gasteiger partial charge on any atom is 0.244 e. The molecule has 0 aliphatic carbocycles. The number of unbranched alkanes of at least 4 members (excludes halogenated alkanes) is 6. The molecule has 1 saturated heterocycles. The largest absolute Gasteiger partial charge is 0.338 e. The number of aryl methyl sites for hydroxylation is 1. The summed E-state index contributed by atoms with van der Waals surface area (Å²) in [5.41, 5.74) is 5.91. The van der Waals surface area contributed by atoms with Gasteiger partial charge in [0.25, 0.3) is 0 Å². The predicted molar refractivity (Wildman–Crippen MR) is 82.9 cm³/mol. The van der Waals surface area contributed by atoms with Crippen molar-refractivity contribution in [2.75, 3.05) is 18.0 Å². The first-order chi connectivity index (χ1) is 9.79. The molecule has 1 fully saturated rings. The van der Waals surface area contributed by atoms with Crippen molar-refractivity contribution < 1.29 is 0 Å². The minimum absolute atomic E-state index is 0.278. The SMILES string of the molecule is CCCCCCCCCc1nc(N2CCC(N)C2)n[nH]1. The van der Waals surface area contributed by atoms with E-state index in [1.807, 2.05) is 0 Å². The van der Waals surface area contributed by atoms with Crippen LogP contribution in [0.4, 0.5) is 5.95 Å². The molecule has 0 spiro atoms. The van der Waals surface area contributed by atoms with Gasteiger partial charge in [0.2, 0.25) is 5.95 Å². The third-order valence-corrected chi connectivity index (χ3v) is 4.04. The first-order valence-corrected chi connectivity index (χ1v) is 8.21. The number of anilines is 1. The Morgan fingerprint density at radius 2 is 1.95 bits per heavy atom. The Bertz CT molecular complexity index is 376. The number of rotatable bonds is 9. The second-order valence-electron chi connectivity index (χ2n) is 5.95. The highest BCUT2D eigenvalue weighted by Gasteiger charge is 2.22. The van der Waals surface area contributed by atoms with Crippen LogP contribution < -0.4 is 10.6 Å². The Labute approximate surface area is 122 Å². The van der Waals surface area contributed by atoms with Crippen molar-refractivity contribution in [1.82, 2.24) is 15.2 Å². The number of H-pyrrole nitrogens is 1. The Balaban J connectivity index is 1.61. The molecule has 3 N–H and O–H groups in total. The molecular weight excluding hydrogens is 250 g/mol. The average molecular weight is 279 g/mol. The lowest BCUT2D eigenvalue weighted by Crippen LogP contribution is -2.26. The van der Waals surface area contributed by atoms with Crippen LogP contribution in [0, 0.1) is 0 Å². The summed E-state index contributed by atoms with van der Waals surface area (Å²) in [6.07, 6.45) is 11.4. The third kappa shape index (κ3) is 4.78. The summed E-state index contributed by atoms with van der Waals surface area (Å²) < 4.78 is 0. The fourth-order valence-corrected chi connectivity index (χ4v) is 2.76. The monoisotopic (exact) mass is 279 g/mol. The Kier molecular flexibility index (Phi) is 6.30. The van der Waals surface area contributed by atoms with Crippen LogP contribution in [-0.4, -0.2) is 34.3 Å². The molecule has 5 nitrogen and oxygen atoms in total. The zero-order chi connectivity index (χ0) is 14.2. The van der Waals surface area contributed by atoms with Crippen molar-refractivity contribution >= 4 is 5.95 Å². The van der Waals surface area contributed by atoms with Crippen LogP contribution >= 0.6 is 0 Å². The van der Waals surface area contributed by atoms with Gasteiger partial charge >= 0.3 is 0 Å². The minimum atomic E-state index is 0.278. The summed E-state index contributed by atoms with van der Waals surface area (Å²) in [6.45, 7) is 4.12. The topological polar surface area (TPSA) is 70.8 Å². The lowest BCUT2D eigenvalue weighted by molar-refractivity contribution is 0.585. The van der Waals surface area contributed by atoms with Crippen LogP contribution in [0.25, 0.3) is 0 Å². The quantitative estimate of drug-likeness (QED) is 0.682. The molecule has 1 atom stereocenters. The Hall–Kier alpha value is -1.10. The summed E-state index contributed by atoms with van der Waals surface area (Å²) in [4.78, 5) is 6.75. The molecule has 0 bridgehead atoms. The van der Waals surface area contributed by atoms with Gasteiger partial charge in [-0.25, -0.2) is 0 Å². The highest BCUT2D eigenvalue weighted by atomic mass is 15.4. The summed E-state index contributed by atoms with van der Waals surface area (Å²) >= 11 is 0. The van der Waals surface area contributed by atoms with E-state index in [1.165, 1.54) is 44.9 Å². The average Bonchev–Trinajstić information content (AvgIpc) is 3.06. The predicted octanol–water partition coefficient (Wildman–Crippen LogP) is 2.64. The van der Waals surface area contributed by atoms with Crippen molar-refractivity contribution in [3.63, 3.8) is 0 Å². The summed E-state index contributed by atoms with van der Waals surface area (Å²) in [5, 5.41) is 7.37. The summed E-state index contributed by atoms with van der Waals surface area (Å²) in [5.74, 6) is 1.85. The molecule has 5 heteroatoms. The van der Waals surface area contributed by atoms with E-state index in [0.717, 1.165) is 37.7 Å². The van der Waals surface area contributed by atoms with E-state index in [0.29, 0.717) is 0 Å². The second-order valence-corrected chi connectivity index (χ2v) is 5.95. The maximum absolute atomic E-state index is 5.91. The number of nitrogens with one attached hydrogen (secondary N) is 1. The fourth-order valence-electron chi connectivity index (χ4n) is 2.76. The molecule has 2 heterocycles. The van der Waals surface area contributed by atoms with Gasteiger partial charge in [-0.2, -0.15) is 4.98 Å². The number of hydrogen-bond acceptors (Lipinski definition) is 4. The molecule has 1 aliphatic heterocycles. The van der Waals surface area contributed by atoms with E-state index in [1.54, 1.807) is 0 Å². The molecule has 0 saturated carbocycles. The highest BCUT2D eigenvalue weighted by Crippen LogP contribution is 2.15. The first kappa shape index (κ1) is 15.3. The number of aromatic nitrogens is 3. The van der Waals surface area contributed by atoms with E-state index < -0.39 is 0 Å². The lowest BCUT2D eigenvalue weighted by Gasteiger charge is -2.11. The van der Waals surface area contributed by atoms with Crippen molar-refractivity contribution in [3.05, 3.63) is 5.82 Å². The number of aromatic amines is 1. The van der Waals surface area contributed by atoms with Crippen molar-refractivity contribution in [2.24, 2.45) is 5.73 Å². The van der Waals surface area contributed by atoms with E-state index in [-0.39, 0.29) is 6.04 Å². The molecule has 1 aliphatic rings. The van der Waals surface area contributed by atoms with Crippen molar-refractivity contribution in [1.29, 1.82) is 0 Å². The first-order valence-electron chi connectivity index (χ1n) is 8.21. The van der Waals surface area contributed by atoms with Crippen molar-refractivity contribution in [2.45, 2.75) is 70.8 Å². The molecule has 20 heavy (non-hydrogen) atoms. The van der Waals surface area contributed by atoms with Crippen LogP contribution in [0.15, 0.2) is 0 Å². The molecule has 2 rings (SSSR count). The number of hydrogen-bond donors (Lipinski definition) is 2. The van der Waals surface area contributed by atoms with E-state index in [9.17, 15) is 0 Å². The fraction of sp³-hybridized carbons (Fsp3) is 0.867. The van der Waals surface area contributed by atoms with Gasteiger partial charge in [0.15, 0.2) is 0 Å². The molecule has 1 unspecified atom stereocenters. The van der Waals surface area contributed by atoms with Crippen molar-refractivity contribution in [3.8, 4) is 0 Å². The zero-order valence-corrected chi connectivity index (χ0v) is 12.8. The van der Waals surface area contributed by atoms with Gasteiger partial charge in [0.05, 0.1) is 0 Å². The van der Waals surface area contributed by atoms with Gasteiger partial charge < -0.3 is 10.6 Å². The summed E-state index contributed by atoms with van der Waals surface area (Å²) in [6, 6.07) is 0.278. The molecule has 1 aromatic heterocycles. The maximum atomic E-state index is 5.91. The summed E-state index contributed by atoms with van der Waals surface area (Å²) in [7, 11) is 0. The minimum Gasteiger partial charge on any atom is -0.338 e. The molecule has 0 radical (unpaired) electrons. The van der Waals surface area contributed by atoms with Gasteiger partial charge in [-0.15, -0.1) is 5.10 Å². The van der Waals surface area contributed by atoms with E-state index in [4.69, 9.17) is 5.73 Å². The third-order valence-electron chi connectivity index (χ3n) is 4.04. The highest BCUT2D eigenvalue weighted by molar-refractivity contribution is 5.31. The van der Waals surface area contributed by atoms with Gasteiger partial charge in [-0.3, -0.25) is 5.10 Å². The van der Waals surface area contributed by atoms with Crippen LogP contribution in [0.5, 0.6) is 0 Å². The van der Waals surface area contributed by atoms with Crippen LogP contribution in [-0.2, 0) is 6.42 Å².